The zero-order valence-electron chi connectivity index (χ0n) is 10.3. The lowest BCUT2D eigenvalue weighted by Gasteiger charge is -2.33. The Balaban J connectivity index is 2.00. The third-order valence-electron chi connectivity index (χ3n) is 3.40. The van der Waals surface area contributed by atoms with E-state index in [2.05, 4.69) is 20.5 Å². The number of hydrogen-bond acceptors (Lipinski definition) is 3. The van der Waals surface area contributed by atoms with Crippen molar-refractivity contribution in [3.05, 3.63) is 39.9 Å². The zero-order chi connectivity index (χ0) is 13.6. The van der Waals surface area contributed by atoms with Crippen LogP contribution in [0, 0.1) is 0 Å². The smallest absolute Gasteiger partial charge is 0.253 e. The summed E-state index contributed by atoms with van der Waals surface area (Å²) in [4.78, 5) is 0. The average molecular weight is 361 g/mol. The first-order valence-electron chi connectivity index (χ1n) is 5.92. The number of nitrogens with zero attached hydrogens (tertiary/aromatic N) is 2. The van der Waals surface area contributed by atoms with E-state index < -0.39 is 10.0 Å². The van der Waals surface area contributed by atoms with Crippen molar-refractivity contribution in [3.63, 3.8) is 0 Å². The van der Waals surface area contributed by atoms with Crippen molar-refractivity contribution in [2.45, 2.75) is 23.7 Å². The fourth-order valence-corrected chi connectivity index (χ4v) is 6.17. The van der Waals surface area contributed by atoms with Crippen molar-refractivity contribution in [1.82, 2.24) is 8.87 Å². The van der Waals surface area contributed by atoms with Crippen LogP contribution in [0.15, 0.2) is 38.5 Å². The third kappa shape index (κ3) is 2.18. The molecule has 1 aliphatic heterocycles. The minimum atomic E-state index is -3.40. The Morgan fingerprint density at radius 3 is 2.79 bits per heavy atom. The standard InChI is InChI=1S/C12H13BrN2O2S2/c1-9-10-3-2-6-14(10)7-8-15(9)19(16,17)12-5-4-11(13)18-12/h2-6,9H,7-8H2,1H3/t9-/m0/s1. The van der Waals surface area contributed by atoms with Gasteiger partial charge in [-0.25, -0.2) is 8.42 Å². The summed E-state index contributed by atoms with van der Waals surface area (Å²) in [5, 5.41) is 0. The Hall–Kier alpha value is -0.630. The van der Waals surface area contributed by atoms with Gasteiger partial charge < -0.3 is 4.57 Å². The number of halogens is 1. The number of sulfonamides is 1. The molecule has 19 heavy (non-hydrogen) atoms. The van der Waals surface area contributed by atoms with Crippen molar-refractivity contribution in [1.29, 1.82) is 0 Å². The molecule has 1 aliphatic rings. The van der Waals surface area contributed by atoms with E-state index in [1.807, 2.05) is 25.3 Å². The predicted octanol–water partition coefficient (Wildman–Crippen LogP) is 3.08. The number of rotatable bonds is 2. The van der Waals surface area contributed by atoms with E-state index in [1.165, 1.54) is 11.3 Å². The van der Waals surface area contributed by atoms with E-state index in [0.29, 0.717) is 17.3 Å². The average Bonchev–Trinajstić information content (AvgIpc) is 2.97. The molecule has 2 aromatic rings. The zero-order valence-corrected chi connectivity index (χ0v) is 13.5. The Morgan fingerprint density at radius 2 is 2.11 bits per heavy atom. The van der Waals surface area contributed by atoms with E-state index in [9.17, 15) is 8.42 Å². The maximum atomic E-state index is 12.6. The van der Waals surface area contributed by atoms with E-state index in [4.69, 9.17) is 0 Å². The van der Waals surface area contributed by atoms with Gasteiger partial charge in [0.05, 0.1) is 9.83 Å². The van der Waals surface area contributed by atoms with Gasteiger partial charge in [0.2, 0.25) is 0 Å². The predicted molar refractivity (Wildman–Crippen MR) is 78.8 cm³/mol. The molecule has 3 heterocycles. The normalized spacial score (nSPS) is 20.4. The first-order chi connectivity index (χ1) is 9.00. The minimum Gasteiger partial charge on any atom is -0.349 e. The molecular formula is C12H13BrN2O2S2. The molecule has 102 valence electrons. The molecule has 0 saturated carbocycles. The van der Waals surface area contributed by atoms with Gasteiger partial charge in [-0.15, -0.1) is 11.3 Å². The van der Waals surface area contributed by atoms with Gasteiger partial charge in [0.25, 0.3) is 10.0 Å². The summed E-state index contributed by atoms with van der Waals surface area (Å²) in [6, 6.07) is 7.24. The lowest BCUT2D eigenvalue weighted by Crippen LogP contribution is -2.40. The highest BCUT2D eigenvalue weighted by Gasteiger charge is 2.34. The van der Waals surface area contributed by atoms with Gasteiger partial charge in [-0.05, 0) is 47.1 Å². The molecule has 0 fully saturated rings. The molecule has 1 atom stereocenters. The van der Waals surface area contributed by atoms with Crippen molar-refractivity contribution < 1.29 is 8.42 Å². The SMILES string of the molecule is C[C@H]1c2cccn2CCN1S(=O)(=O)c1ccc(Br)s1. The molecule has 0 aromatic carbocycles. The van der Waals surface area contributed by atoms with Crippen molar-refractivity contribution in [2.24, 2.45) is 0 Å². The highest BCUT2D eigenvalue weighted by Crippen LogP contribution is 2.34. The van der Waals surface area contributed by atoms with Crippen LogP contribution >= 0.6 is 27.3 Å². The molecule has 0 amide bonds. The summed E-state index contributed by atoms with van der Waals surface area (Å²) in [6.07, 6.45) is 2.00. The minimum absolute atomic E-state index is 0.130. The maximum Gasteiger partial charge on any atom is 0.253 e. The summed E-state index contributed by atoms with van der Waals surface area (Å²) in [7, 11) is -3.40. The fourth-order valence-electron chi connectivity index (χ4n) is 2.44. The highest BCUT2D eigenvalue weighted by molar-refractivity contribution is 9.11. The van der Waals surface area contributed by atoms with Crippen LogP contribution in [0.4, 0.5) is 0 Å². The molecule has 0 unspecified atom stereocenters. The van der Waals surface area contributed by atoms with Crippen LogP contribution in [0.5, 0.6) is 0 Å². The van der Waals surface area contributed by atoms with Crippen molar-refractivity contribution in [3.8, 4) is 0 Å². The van der Waals surface area contributed by atoms with Crippen LogP contribution in [-0.2, 0) is 16.6 Å². The first-order valence-corrected chi connectivity index (χ1v) is 8.97. The molecule has 4 nitrogen and oxygen atoms in total. The van der Waals surface area contributed by atoms with Gasteiger partial charge >= 0.3 is 0 Å². The number of thiophene rings is 1. The number of aromatic nitrogens is 1. The summed E-state index contributed by atoms with van der Waals surface area (Å²) >= 11 is 4.57. The van der Waals surface area contributed by atoms with E-state index in [1.54, 1.807) is 16.4 Å². The molecule has 0 N–H and O–H groups in total. The lowest BCUT2D eigenvalue weighted by atomic mass is 10.2. The van der Waals surface area contributed by atoms with E-state index in [0.717, 1.165) is 9.48 Å². The summed E-state index contributed by atoms with van der Waals surface area (Å²) in [6.45, 7) is 3.16. The van der Waals surface area contributed by atoms with Crippen molar-refractivity contribution in [2.75, 3.05) is 6.54 Å². The molecule has 0 aliphatic carbocycles. The Morgan fingerprint density at radius 1 is 1.32 bits per heavy atom. The highest BCUT2D eigenvalue weighted by atomic mass is 79.9. The summed E-state index contributed by atoms with van der Waals surface area (Å²) < 4.78 is 30.2. The van der Waals surface area contributed by atoms with Gasteiger partial charge in [0.15, 0.2) is 0 Å². The van der Waals surface area contributed by atoms with E-state index >= 15 is 0 Å². The lowest BCUT2D eigenvalue weighted by molar-refractivity contribution is 0.283. The molecular weight excluding hydrogens is 348 g/mol. The molecule has 7 heteroatoms. The molecule has 3 rings (SSSR count). The van der Waals surface area contributed by atoms with Crippen LogP contribution in [-0.4, -0.2) is 23.8 Å². The fraction of sp³-hybridized carbons (Fsp3) is 0.333. The second-order valence-electron chi connectivity index (χ2n) is 4.48. The molecule has 0 bridgehead atoms. The number of hydrogen-bond donors (Lipinski definition) is 0. The van der Waals surface area contributed by atoms with Gasteiger partial charge in [0.1, 0.15) is 4.21 Å². The number of fused-ring (bicyclic) bond motifs is 1. The second-order valence-corrected chi connectivity index (χ2v) is 9.06. The molecule has 0 saturated heterocycles. The van der Waals surface area contributed by atoms with E-state index in [-0.39, 0.29) is 6.04 Å². The van der Waals surface area contributed by atoms with Crippen LogP contribution < -0.4 is 0 Å². The van der Waals surface area contributed by atoms with Gasteiger partial charge in [-0.3, -0.25) is 0 Å². The van der Waals surface area contributed by atoms with Crippen LogP contribution in [0.2, 0.25) is 0 Å². The monoisotopic (exact) mass is 360 g/mol. The first kappa shape index (κ1) is 13.4. The molecule has 0 radical (unpaired) electrons. The topological polar surface area (TPSA) is 42.3 Å². The molecule has 2 aromatic heterocycles. The Labute approximate surface area is 124 Å². The summed E-state index contributed by atoms with van der Waals surface area (Å²) in [5.41, 5.74) is 1.05. The Kier molecular flexibility index (Phi) is 3.33. The van der Waals surface area contributed by atoms with Crippen molar-refractivity contribution >= 4 is 37.3 Å². The maximum absolute atomic E-state index is 12.6. The van der Waals surface area contributed by atoms with Gasteiger partial charge in [0, 0.05) is 25.0 Å². The molecule has 0 spiro atoms. The Bertz CT molecular complexity index is 705. The third-order valence-corrected chi connectivity index (χ3v) is 7.46. The second kappa shape index (κ2) is 4.73. The quantitative estimate of drug-likeness (QED) is 0.825. The van der Waals surface area contributed by atoms with Crippen LogP contribution in [0.25, 0.3) is 0 Å². The largest absolute Gasteiger partial charge is 0.349 e. The summed E-state index contributed by atoms with van der Waals surface area (Å²) in [5.74, 6) is 0. The van der Waals surface area contributed by atoms with Crippen LogP contribution in [0.3, 0.4) is 0 Å². The van der Waals surface area contributed by atoms with Gasteiger partial charge in [-0.2, -0.15) is 4.31 Å². The van der Waals surface area contributed by atoms with Gasteiger partial charge in [-0.1, -0.05) is 0 Å². The van der Waals surface area contributed by atoms with Crippen LogP contribution in [0.1, 0.15) is 18.7 Å².